The first-order valence-corrected chi connectivity index (χ1v) is 12.3. The van der Waals surface area contributed by atoms with Crippen molar-refractivity contribution in [3.8, 4) is 0 Å². The van der Waals surface area contributed by atoms with E-state index in [1.165, 1.54) is 0 Å². The van der Waals surface area contributed by atoms with Gasteiger partial charge in [-0.05, 0) is 23.6 Å². The lowest BCUT2D eigenvalue weighted by atomic mass is 10.1. The number of piperazine rings is 2. The predicted octanol–water partition coefficient (Wildman–Crippen LogP) is 1.71. The lowest BCUT2D eigenvalue weighted by Gasteiger charge is -2.38. The Labute approximate surface area is 210 Å². The maximum atomic E-state index is 13.2. The molecule has 36 heavy (non-hydrogen) atoms. The van der Waals surface area contributed by atoms with E-state index in [1.807, 2.05) is 60.7 Å². The predicted molar refractivity (Wildman–Crippen MR) is 139 cm³/mol. The fraction of sp³-hybridized carbons (Fsp3) is 0.333. The summed E-state index contributed by atoms with van der Waals surface area (Å²) in [4.78, 5) is 49.1. The SMILES string of the molecule is O=C(C[C@H]1C(=O)NCCN1C(=O)CN1CCN(c2ccccn2)CC1)Nc1cccc2ccccc12. The van der Waals surface area contributed by atoms with E-state index < -0.39 is 6.04 Å². The van der Waals surface area contributed by atoms with E-state index in [1.54, 1.807) is 11.1 Å². The van der Waals surface area contributed by atoms with E-state index in [0.717, 1.165) is 42.8 Å². The monoisotopic (exact) mass is 486 g/mol. The van der Waals surface area contributed by atoms with Gasteiger partial charge in [-0.2, -0.15) is 0 Å². The molecule has 3 heterocycles. The number of nitrogens with one attached hydrogen (secondary N) is 2. The van der Waals surface area contributed by atoms with Crippen molar-refractivity contribution in [1.82, 2.24) is 20.1 Å². The summed E-state index contributed by atoms with van der Waals surface area (Å²) in [6.07, 6.45) is 1.69. The van der Waals surface area contributed by atoms with Crippen LogP contribution in [-0.2, 0) is 14.4 Å². The van der Waals surface area contributed by atoms with Crippen molar-refractivity contribution in [3.05, 3.63) is 66.9 Å². The molecule has 0 unspecified atom stereocenters. The first-order valence-electron chi connectivity index (χ1n) is 12.3. The second-order valence-electron chi connectivity index (χ2n) is 9.12. The highest BCUT2D eigenvalue weighted by Crippen LogP contribution is 2.23. The van der Waals surface area contributed by atoms with E-state index >= 15 is 0 Å². The molecule has 1 aromatic heterocycles. The van der Waals surface area contributed by atoms with Crippen molar-refractivity contribution in [2.45, 2.75) is 12.5 Å². The number of fused-ring (bicyclic) bond motifs is 1. The lowest BCUT2D eigenvalue weighted by Crippen LogP contribution is -2.60. The number of carbonyl (C=O) groups is 3. The van der Waals surface area contributed by atoms with Crippen LogP contribution in [0.25, 0.3) is 10.8 Å². The van der Waals surface area contributed by atoms with E-state index in [-0.39, 0.29) is 30.7 Å². The molecule has 186 valence electrons. The Balaban J connectivity index is 1.20. The molecule has 2 aliphatic heterocycles. The van der Waals surface area contributed by atoms with E-state index in [2.05, 4.69) is 25.4 Å². The van der Waals surface area contributed by atoms with E-state index in [4.69, 9.17) is 0 Å². The Kier molecular flexibility index (Phi) is 7.08. The van der Waals surface area contributed by atoms with Crippen LogP contribution >= 0.6 is 0 Å². The first-order chi connectivity index (χ1) is 17.6. The van der Waals surface area contributed by atoms with Crippen LogP contribution in [0.1, 0.15) is 6.42 Å². The summed E-state index contributed by atoms with van der Waals surface area (Å²) in [6.45, 7) is 4.03. The van der Waals surface area contributed by atoms with Gasteiger partial charge in [0.05, 0.1) is 13.0 Å². The Morgan fingerprint density at radius 2 is 1.72 bits per heavy atom. The number of benzene rings is 2. The zero-order valence-corrected chi connectivity index (χ0v) is 20.1. The third-order valence-corrected chi connectivity index (χ3v) is 6.80. The van der Waals surface area contributed by atoms with Gasteiger partial charge in [-0.3, -0.25) is 19.3 Å². The maximum absolute atomic E-state index is 13.2. The average Bonchev–Trinajstić information content (AvgIpc) is 2.91. The number of rotatable bonds is 6. The second kappa shape index (κ2) is 10.7. The highest BCUT2D eigenvalue weighted by Gasteiger charge is 2.35. The van der Waals surface area contributed by atoms with Crippen LogP contribution in [0.5, 0.6) is 0 Å². The van der Waals surface area contributed by atoms with Gasteiger partial charge in [0.2, 0.25) is 17.7 Å². The molecule has 0 saturated carbocycles. The van der Waals surface area contributed by atoms with Crippen molar-refractivity contribution < 1.29 is 14.4 Å². The number of nitrogens with zero attached hydrogens (tertiary/aromatic N) is 4. The highest BCUT2D eigenvalue weighted by atomic mass is 16.2. The summed E-state index contributed by atoms with van der Waals surface area (Å²) in [5.41, 5.74) is 0.693. The lowest BCUT2D eigenvalue weighted by molar-refractivity contribution is -0.145. The Morgan fingerprint density at radius 1 is 0.944 bits per heavy atom. The number of aromatic nitrogens is 1. The minimum atomic E-state index is -0.823. The van der Waals surface area contributed by atoms with E-state index in [9.17, 15) is 14.4 Å². The third-order valence-electron chi connectivity index (χ3n) is 6.80. The molecule has 2 aliphatic rings. The summed E-state index contributed by atoms with van der Waals surface area (Å²) in [5, 5.41) is 7.69. The minimum Gasteiger partial charge on any atom is -0.354 e. The van der Waals surface area contributed by atoms with Gasteiger partial charge >= 0.3 is 0 Å². The number of amides is 3. The Morgan fingerprint density at radius 3 is 2.53 bits per heavy atom. The molecule has 3 amide bonds. The first kappa shape index (κ1) is 23.7. The molecule has 2 saturated heterocycles. The molecule has 5 rings (SSSR count). The summed E-state index contributed by atoms with van der Waals surface area (Å²) in [6, 6.07) is 18.5. The van der Waals surface area contributed by atoms with Crippen LogP contribution in [0.4, 0.5) is 11.5 Å². The second-order valence-corrected chi connectivity index (χ2v) is 9.12. The fourth-order valence-electron chi connectivity index (χ4n) is 4.89. The molecule has 0 spiro atoms. The van der Waals surface area contributed by atoms with Gasteiger partial charge in [0.25, 0.3) is 0 Å². The third kappa shape index (κ3) is 5.31. The molecule has 9 nitrogen and oxygen atoms in total. The van der Waals surface area contributed by atoms with Crippen molar-refractivity contribution >= 4 is 40.0 Å². The van der Waals surface area contributed by atoms with Gasteiger partial charge in [0.1, 0.15) is 11.9 Å². The summed E-state index contributed by atoms with van der Waals surface area (Å²) in [7, 11) is 0. The van der Waals surface area contributed by atoms with Gasteiger partial charge in [0, 0.05) is 56.5 Å². The molecule has 0 radical (unpaired) electrons. The number of hydrogen-bond donors (Lipinski definition) is 2. The van der Waals surface area contributed by atoms with Crippen molar-refractivity contribution in [1.29, 1.82) is 0 Å². The average molecular weight is 487 g/mol. The molecule has 9 heteroatoms. The molecular weight excluding hydrogens is 456 g/mol. The van der Waals surface area contributed by atoms with Crippen LogP contribution in [0.3, 0.4) is 0 Å². The molecule has 3 aromatic rings. The standard InChI is InChI=1S/C27H30N6O3/c34-25(30-22-9-5-7-20-6-1-2-8-21(20)22)18-23-27(36)29-12-13-33(23)26(35)19-31-14-16-32(17-15-31)24-10-3-4-11-28-24/h1-11,23H,12-19H2,(H,29,36)(H,30,34)/t23-/m0/s1. The Bertz CT molecular complexity index is 1240. The van der Waals surface area contributed by atoms with Gasteiger partial charge in [-0.1, -0.05) is 42.5 Å². The smallest absolute Gasteiger partial charge is 0.243 e. The van der Waals surface area contributed by atoms with Gasteiger partial charge in [0.15, 0.2) is 0 Å². The van der Waals surface area contributed by atoms with Crippen LogP contribution < -0.4 is 15.5 Å². The normalized spacial score (nSPS) is 18.7. The molecule has 0 aliphatic carbocycles. The summed E-state index contributed by atoms with van der Waals surface area (Å²) < 4.78 is 0. The molecule has 1 atom stereocenters. The van der Waals surface area contributed by atoms with Gasteiger partial charge in [-0.25, -0.2) is 4.98 Å². The van der Waals surface area contributed by atoms with Crippen molar-refractivity contribution in [2.75, 3.05) is 56.0 Å². The molecule has 2 aromatic carbocycles. The van der Waals surface area contributed by atoms with Gasteiger partial charge < -0.3 is 20.4 Å². The maximum Gasteiger partial charge on any atom is 0.243 e. The molecule has 2 fully saturated rings. The number of carbonyl (C=O) groups excluding carboxylic acids is 3. The Hall–Kier alpha value is -3.98. The molecular formula is C27H30N6O3. The summed E-state index contributed by atoms with van der Waals surface area (Å²) >= 11 is 0. The van der Waals surface area contributed by atoms with Crippen LogP contribution in [0, 0.1) is 0 Å². The van der Waals surface area contributed by atoms with E-state index in [0.29, 0.717) is 18.8 Å². The topological polar surface area (TPSA) is 97.9 Å². The molecule has 0 bridgehead atoms. The van der Waals surface area contributed by atoms with Gasteiger partial charge in [-0.15, -0.1) is 0 Å². The number of anilines is 2. The summed E-state index contributed by atoms with van der Waals surface area (Å²) in [5.74, 6) is 0.227. The number of hydrogen-bond acceptors (Lipinski definition) is 6. The zero-order valence-electron chi connectivity index (χ0n) is 20.1. The van der Waals surface area contributed by atoms with Crippen molar-refractivity contribution in [3.63, 3.8) is 0 Å². The number of pyridine rings is 1. The quantitative estimate of drug-likeness (QED) is 0.551. The highest BCUT2D eigenvalue weighted by molar-refractivity contribution is 6.04. The van der Waals surface area contributed by atoms with Crippen molar-refractivity contribution in [2.24, 2.45) is 0 Å². The fourth-order valence-corrected chi connectivity index (χ4v) is 4.89. The molecule has 2 N–H and O–H groups in total. The van der Waals surface area contributed by atoms with Crippen LogP contribution in [0.2, 0.25) is 0 Å². The largest absolute Gasteiger partial charge is 0.354 e. The minimum absolute atomic E-state index is 0.0890. The van der Waals surface area contributed by atoms with Crippen LogP contribution in [0.15, 0.2) is 66.9 Å². The zero-order chi connectivity index (χ0) is 24.9. The van der Waals surface area contributed by atoms with Crippen LogP contribution in [-0.4, -0.2) is 84.4 Å².